The first-order chi connectivity index (χ1) is 8.69. The van der Waals surface area contributed by atoms with E-state index in [9.17, 15) is 0 Å². The van der Waals surface area contributed by atoms with E-state index in [2.05, 4.69) is 44.1 Å². The molecule has 0 atom stereocenters. The van der Waals surface area contributed by atoms with Gasteiger partial charge in [0.25, 0.3) is 0 Å². The second-order valence-electron chi connectivity index (χ2n) is 4.54. The van der Waals surface area contributed by atoms with Gasteiger partial charge in [-0.1, -0.05) is 19.1 Å². The van der Waals surface area contributed by atoms with E-state index >= 15 is 0 Å². The lowest BCUT2D eigenvalue weighted by atomic mass is 10.1. The molecule has 18 heavy (non-hydrogen) atoms. The summed E-state index contributed by atoms with van der Waals surface area (Å²) in [6, 6.07) is 4.36. The normalized spacial score (nSPS) is 10.1. The Hall–Kier alpha value is -1.46. The molecule has 0 heterocycles. The Bertz CT molecular complexity index is 395. The van der Waals surface area contributed by atoms with Gasteiger partial charge in [-0.05, 0) is 43.5 Å². The number of rotatable bonds is 7. The van der Waals surface area contributed by atoms with Crippen LogP contribution >= 0.6 is 0 Å². The minimum absolute atomic E-state index is 0.589. The van der Waals surface area contributed by atoms with Crippen LogP contribution in [-0.2, 0) is 6.54 Å². The van der Waals surface area contributed by atoms with Crippen LogP contribution in [0.2, 0.25) is 0 Å². The monoisotopic (exact) mass is 245 g/mol. The molecule has 0 aliphatic rings. The van der Waals surface area contributed by atoms with E-state index in [0.29, 0.717) is 13.0 Å². The van der Waals surface area contributed by atoms with E-state index in [-0.39, 0.29) is 0 Å². The first-order valence-electron chi connectivity index (χ1n) is 6.56. The van der Waals surface area contributed by atoms with Crippen molar-refractivity contribution in [1.29, 1.82) is 0 Å². The minimum atomic E-state index is 0.589. The van der Waals surface area contributed by atoms with Crippen molar-refractivity contribution in [3.63, 3.8) is 0 Å². The fraction of sp³-hybridized carbons (Fsp3) is 0.500. The molecule has 0 aliphatic carbocycles. The van der Waals surface area contributed by atoms with Gasteiger partial charge in [-0.3, -0.25) is 0 Å². The van der Waals surface area contributed by atoms with Crippen molar-refractivity contribution in [1.82, 2.24) is 5.32 Å². The minimum Gasteiger partial charge on any atom is -0.492 e. The number of aryl methyl sites for hydroxylation is 2. The molecule has 1 aromatic carbocycles. The van der Waals surface area contributed by atoms with E-state index in [1.165, 1.54) is 16.7 Å². The zero-order chi connectivity index (χ0) is 13.4. The predicted octanol–water partition coefficient (Wildman–Crippen LogP) is 3.21. The van der Waals surface area contributed by atoms with Crippen molar-refractivity contribution in [2.75, 3.05) is 13.2 Å². The van der Waals surface area contributed by atoms with Gasteiger partial charge < -0.3 is 10.1 Å². The number of terminal acetylenes is 1. The van der Waals surface area contributed by atoms with Crippen LogP contribution in [0.1, 0.15) is 36.5 Å². The highest BCUT2D eigenvalue weighted by atomic mass is 16.5. The van der Waals surface area contributed by atoms with Crippen LogP contribution in [0.25, 0.3) is 0 Å². The summed E-state index contributed by atoms with van der Waals surface area (Å²) in [5.41, 5.74) is 3.67. The molecule has 98 valence electrons. The van der Waals surface area contributed by atoms with Crippen molar-refractivity contribution in [2.24, 2.45) is 0 Å². The van der Waals surface area contributed by atoms with Crippen LogP contribution in [0.3, 0.4) is 0 Å². The maximum atomic E-state index is 5.73. The molecule has 0 amide bonds. The SMILES string of the molecule is C#CCCOc1c(C)cc(CNCCC)cc1C. The quantitative estimate of drug-likeness (QED) is 0.588. The summed E-state index contributed by atoms with van der Waals surface area (Å²) in [5.74, 6) is 3.56. The second kappa shape index (κ2) is 7.79. The number of hydrogen-bond acceptors (Lipinski definition) is 2. The zero-order valence-electron chi connectivity index (χ0n) is 11.7. The van der Waals surface area contributed by atoms with Crippen LogP contribution in [-0.4, -0.2) is 13.2 Å². The Morgan fingerprint density at radius 2 is 1.94 bits per heavy atom. The molecule has 2 nitrogen and oxygen atoms in total. The molecule has 1 aromatic rings. The summed E-state index contributed by atoms with van der Waals surface area (Å²) in [5, 5.41) is 3.41. The lowest BCUT2D eigenvalue weighted by molar-refractivity contribution is 0.322. The third-order valence-electron chi connectivity index (χ3n) is 2.77. The van der Waals surface area contributed by atoms with Gasteiger partial charge >= 0.3 is 0 Å². The fourth-order valence-electron chi connectivity index (χ4n) is 1.99. The van der Waals surface area contributed by atoms with Gasteiger partial charge in [-0.25, -0.2) is 0 Å². The number of nitrogens with one attached hydrogen (secondary N) is 1. The summed E-state index contributed by atoms with van der Waals surface area (Å²) >= 11 is 0. The number of benzene rings is 1. The average molecular weight is 245 g/mol. The van der Waals surface area contributed by atoms with Crippen molar-refractivity contribution in [3.8, 4) is 18.1 Å². The predicted molar refractivity (Wildman–Crippen MR) is 76.9 cm³/mol. The van der Waals surface area contributed by atoms with E-state index < -0.39 is 0 Å². The highest BCUT2D eigenvalue weighted by Gasteiger charge is 2.06. The van der Waals surface area contributed by atoms with Gasteiger partial charge in [-0.15, -0.1) is 12.3 Å². The van der Waals surface area contributed by atoms with Gasteiger partial charge in [0, 0.05) is 13.0 Å². The van der Waals surface area contributed by atoms with Crippen LogP contribution in [0.5, 0.6) is 5.75 Å². The number of ether oxygens (including phenoxy) is 1. The third-order valence-corrected chi connectivity index (χ3v) is 2.77. The first-order valence-corrected chi connectivity index (χ1v) is 6.56. The van der Waals surface area contributed by atoms with Crippen LogP contribution in [0.15, 0.2) is 12.1 Å². The maximum absolute atomic E-state index is 5.73. The smallest absolute Gasteiger partial charge is 0.125 e. The Morgan fingerprint density at radius 1 is 1.28 bits per heavy atom. The fourth-order valence-corrected chi connectivity index (χ4v) is 1.99. The molecule has 0 bridgehead atoms. The molecule has 0 fully saturated rings. The van der Waals surface area contributed by atoms with Gasteiger partial charge in [-0.2, -0.15) is 0 Å². The largest absolute Gasteiger partial charge is 0.492 e. The van der Waals surface area contributed by atoms with Gasteiger partial charge in [0.1, 0.15) is 5.75 Å². The second-order valence-corrected chi connectivity index (χ2v) is 4.54. The van der Waals surface area contributed by atoms with Gasteiger partial charge in [0.2, 0.25) is 0 Å². The molecule has 0 aromatic heterocycles. The molecule has 2 heteroatoms. The first kappa shape index (κ1) is 14.6. The molecule has 0 aliphatic heterocycles. The van der Waals surface area contributed by atoms with E-state index in [1.807, 2.05) is 0 Å². The molecule has 0 saturated heterocycles. The standard InChI is InChI=1S/C16H23NO/c1-5-7-9-18-16-13(3)10-15(11-14(16)4)12-17-8-6-2/h1,10-11,17H,6-9,12H2,2-4H3. The highest BCUT2D eigenvalue weighted by Crippen LogP contribution is 2.24. The van der Waals surface area contributed by atoms with Crippen molar-refractivity contribution in [2.45, 2.75) is 40.2 Å². The van der Waals surface area contributed by atoms with E-state index in [0.717, 1.165) is 25.3 Å². The Kier molecular flexibility index (Phi) is 6.32. The van der Waals surface area contributed by atoms with Crippen molar-refractivity contribution >= 4 is 0 Å². The molecule has 0 unspecified atom stereocenters. The van der Waals surface area contributed by atoms with Crippen molar-refractivity contribution in [3.05, 3.63) is 28.8 Å². The summed E-state index contributed by atoms with van der Waals surface area (Å²) in [6.07, 6.45) is 7.03. The molecule has 1 N–H and O–H groups in total. The summed E-state index contributed by atoms with van der Waals surface area (Å²) in [4.78, 5) is 0. The molecule has 0 saturated carbocycles. The third kappa shape index (κ3) is 4.43. The molecule has 1 rings (SSSR count). The summed E-state index contributed by atoms with van der Waals surface area (Å²) in [6.45, 7) is 8.90. The number of hydrogen-bond donors (Lipinski definition) is 1. The molecular weight excluding hydrogens is 222 g/mol. The molecule has 0 spiro atoms. The Morgan fingerprint density at radius 3 is 2.50 bits per heavy atom. The Balaban J connectivity index is 2.68. The van der Waals surface area contributed by atoms with Crippen LogP contribution in [0.4, 0.5) is 0 Å². The summed E-state index contributed by atoms with van der Waals surface area (Å²) < 4.78 is 5.73. The van der Waals surface area contributed by atoms with Crippen LogP contribution < -0.4 is 10.1 Å². The van der Waals surface area contributed by atoms with E-state index in [1.54, 1.807) is 0 Å². The summed E-state index contributed by atoms with van der Waals surface area (Å²) in [7, 11) is 0. The highest BCUT2D eigenvalue weighted by molar-refractivity contribution is 5.43. The van der Waals surface area contributed by atoms with Gasteiger partial charge in [0.15, 0.2) is 0 Å². The van der Waals surface area contributed by atoms with Crippen molar-refractivity contribution < 1.29 is 4.74 Å². The topological polar surface area (TPSA) is 21.3 Å². The van der Waals surface area contributed by atoms with Gasteiger partial charge in [0.05, 0.1) is 6.61 Å². The van der Waals surface area contributed by atoms with Crippen LogP contribution in [0, 0.1) is 26.2 Å². The molecule has 0 radical (unpaired) electrons. The lowest BCUT2D eigenvalue weighted by Crippen LogP contribution is -2.14. The average Bonchev–Trinajstić information content (AvgIpc) is 2.33. The maximum Gasteiger partial charge on any atom is 0.125 e. The lowest BCUT2D eigenvalue weighted by Gasteiger charge is -2.13. The Labute approximate surface area is 111 Å². The van der Waals surface area contributed by atoms with E-state index in [4.69, 9.17) is 11.2 Å². The zero-order valence-corrected chi connectivity index (χ0v) is 11.7. The molecular formula is C16H23NO.